The van der Waals surface area contributed by atoms with Crippen molar-refractivity contribution < 1.29 is 26.7 Å². The molecule has 0 aliphatic heterocycles. The van der Waals surface area contributed by atoms with Crippen LogP contribution in [0.15, 0.2) is 12.1 Å². The summed E-state index contributed by atoms with van der Waals surface area (Å²) in [6, 6.07) is 0.403. The van der Waals surface area contributed by atoms with E-state index < -0.39 is 28.9 Å². The zero-order valence-corrected chi connectivity index (χ0v) is 6.53. The maximum absolute atomic E-state index is 12.8. The van der Waals surface area contributed by atoms with E-state index >= 15 is 0 Å². The van der Waals surface area contributed by atoms with Gasteiger partial charge >= 0.3 is 6.18 Å². The second-order valence-electron chi connectivity index (χ2n) is 2.47. The Hall–Kier alpha value is -1.46. The summed E-state index contributed by atoms with van der Waals surface area (Å²) in [5.41, 5.74) is -2.73. The topological polar surface area (TPSA) is 17.1 Å². The number of alkyl halides is 3. The summed E-state index contributed by atoms with van der Waals surface area (Å²) in [7, 11) is 0. The highest BCUT2D eigenvalue weighted by Gasteiger charge is 2.35. The van der Waals surface area contributed by atoms with Crippen LogP contribution in [0.2, 0.25) is 0 Å². The monoisotopic (exact) mass is 210 g/mol. The molecule has 1 rings (SSSR count). The standard InChI is InChI=1S/C8H3F5O/c9-5-1-4(3-14)7(10)6(2-5)8(11,12)13/h1-3H. The Morgan fingerprint density at radius 1 is 1.14 bits per heavy atom. The van der Waals surface area contributed by atoms with Gasteiger partial charge in [0, 0.05) is 0 Å². The lowest BCUT2D eigenvalue weighted by Crippen LogP contribution is -2.10. The molecule has 0 radical (unpaired) electrons. The van der Waals surface area contributed by atoms with Gasteiger partial charge in [0.15, 0.2) is 6.29 Å². The summed E-state index contributed by atoms with van der Waals surface area (Å²) in [4.78, 5) is 10.1. The van der Waals surface area contributed by atoms with Gasteiger partial charge in [-0.25, -0.2) is 8.78 Å². The molecule has 1 aromatic rings. The first-order valence-electron chi connectivity index (χ1n) is 3.37. The third-order valence-electron chi connectivity index (χ3n) is 1.50. The Morgan fingerprint density at radius 2 is 1.71 bits per heavy atom. The molecule has 1 nitrogen and oxygen atoms in total. The lowest BCUT2D eigenvalue weighted by atomic mass is 10.1. The number of aldehydes is 1. The molecule has 0 aromatic heterocycles. The second-order valence-corrected chi connectivity index (χ2v) is 2.47. The number of hydrogen-bond donors (Lipinski definition) is 0. The predicted molar refractivity (Wildman–Crippen MR) is 36.7 cm³/mol. The summed E-state index contributed by atoms with van der Waals surface area (Å²) in [6.45, 7) is 0. The molecule has 0 saturated heterocycles. The molecule has 76 valence electrons. The van der Waals surface area contributed by atoms with Crippen molar-refractivity contribution in [1.82, 2.24) is 0 Å². The number of hydrogen-bond acceptors (Lipinski definition) is 1. The quantitative estimate of drug-likeness (QED) is 0.514. The van der Waals surface area contributed by atoms with Crippen LogP contribution < -0.4 is 0 Å². The highest BCUT2D eigenvalue weighted by Crippen LogP contribution is 2.32. The van der Waals surface area contributed by atoms with Gasteiger partial charge in [-0.05, 0) is 12.1 Å². The zero-order valence-electron chi connectivity index (χ0n) is 6.53. The van der Waals surface area contributed by atoms with Crippen LogP contribution in [-0.4, -0.2) is 6.29 Å². The van der Waals surface area contributed by atoms with Crippen molar-refractivity contribution in [3.8, 4) is 0 Å². The predicted octanol–water partition coefficient (Wildman–Crippen LogP) is 2.80. The molecule has 0 N–H and O–H groups in total. The van der Waals surface area contributed by atoms with Gasteiger partial charge in [0.05, 0.1) is 11.1 Å². The van der Waals surface area contributed by atoms with E-state index in [1.807, 2.05) is 0 Å². The average Bonchev–Trinajstić information content (AvgIpc) is 2.06. The van der Waals surface area contributed by atoms with Crippen molar-refractivity contribution in [3.05, 3.63) is 34.9 Å². The van der Waals surface area contributed by atoms with Crippen molar-refractivity contribution >= 4 is 6.29 Å². The Morgan fingerprint density at radius 3 is 2.14 bits per heavy atom. The molecule has 14 heavy (non-hydrogen) atoms. The van der Waals surface area contributed by atoms with E-state index in [-0.39, 0.29) is 12.4 Å². The van der Waals surface area contributed by atoms with Gasteiger partial charge in [0.1, 0.15) is 11.6 Å². The minimum Gasteiger partial charge on any atom is -0.298 e. The number of carbonyl (C=O) groups is 1. The van der Waals surface area contributed by atoms with Gasteiger partial charge in [-0.3, -0.25) is 4.79 Å². The molecule has 0 aliphatic rings. The van der Waals surface area contributed by atoms with Crippen molar-refractivity contribution in [2.24, 2.45) is 0 Å². The van der Waals surface area contributed by atoms with E-state index in [0.717, 1.165) is 0 Å². The molecular weight excluding hydrogens is 207 g/mol. The molecule has 0 unspecified atom stereocenters. The molecule has 0 fully saturated rings. The smallest absolute Gasteiger partial charge is 0.298 e. The zero-order chi connectivity index (χ0) is 10.9. The largest absolute Gasteiger partial charge is 0.419 e. The Kier molecular flexibility index (Phi) is 2.55. The van der Waals surface area contributed by atoms with Gasteiger partial charge in [0.25, 0.3) is 0 Å². The van der Waals surface area contributed by atoms with Gasteiger partial charge in [-0.1, -0.05) is 0 Å². The number of rotatable bonds is 1. The normalized spacial score (nSPS) is 11.5. The lowest BCUT2D eigenvalue weighted by Gasteiger charge is -2.08. The first-order chi connectivity index (χ1) is 6.36. The summed E-state index contributed by atoms with van der Waals surface area (Å²) in [5.74, 6) is -3.06. The van der Waals surface area contributed by atoms with Crippen LogP contribution in [0.25, 0.3) is 0 Å². The number of halogens is 5. The molecule has 0 spiro atoms. The molecule has 0 bridgehead atoms. The van der Waals surface area contributed by atoms with Crippen LogP contribution in [0, 0.1) is 11.6 Å². The third kappa shape index (κ3) is 1.89. The van der Waals surface area contributed by atoms with Crippen molar-refractivity contribution in [2.75, 3.05) is 0 Å². The van der Waals surface area contributed by atoms with Gasteiger partial charge in [-0.15, -0.1) is 0 Å². The minimum absolute atomic E-state index is 0.00231. The first-order valence-corrected chi connectivity index (χ1v) is 3.37. The van der Waals surface area contributed by atoms with Crippen LogP contribution in [0.5, 0.6) is 0 Å². The molecule has 0 heterocycles. The number of carbonyl (C=O) groups excluding carboxylic acids is 1. The van der Waals surface area contributed by atoms with Crippen LogP contribution >= 0.6 is 0 Å². The van der Waals surface area contributed by atoms with Gasteiger partial charge in [0.2, 0.25) is 0 Å². The summed E-state index contributed by atoms with van der Waals surface area (Å²) in [6.07, 6.45) is -5.18. The fourth-order valence-corrected chi connectivity index (χ4v) is 0.902. The summed E-state index contributed by atoms with van der Waals surface area (Å²) in [5, 5.41) is 0. The molecule has 0 atom stereocenters. The van der Waals surface area contributed by atoms with Gasteiger partial charge in [-0.2, -0.15) is 13.2 Å². The maximum atomic E-state index is 12.8. The van der Waals surface area contributed by atoms with Crippen LogP contribution in [0.3, 0.4) is 0 Å². The van der Waals surface area contributed by atoms with E-state index in [4.69, 9.17) is 0 Å². The van der Waals surface area contributed by atoms with Gasteiger partial charge < -0.3 is 0 Å². The van der Waals surface area contributed by atoms with E-state index in [1.165, 1.54) is 0 Å². The molecule has 0 saturated carbocycles. The van der Waals surface area contributed by atoms with Crippen LogP contribution in [0.4, 0.5) is 22.0 Å². The van der Waals surface area contributed by atoms with Crippen molar-refractivity contribution in [1.29, 1.82) is 0 Å². The summed E-state index contributed by atoms with van der Waals surface area (Å²) >= 11 is 0. The Bertz CT molecular complexity index is 369. The summed E-state index contributed by atoms with van der Waals surface area (Å²) < 4.78 is 61.4. The Balaban J connectivity index is 3.44. The first kappa shape index (κ1) is 10.6. The molecular formula is C8H3F5O. The third-order valence-corrected chi connectivity index (χ3v) is 1.50. The fraction of sp³-hybridized carbons (Fsp3) is 0.125. The minimum atomic E-state index is -5.01. The molecule has 6 heteroatoms. The SMILES string of the molecule is O=Cc1cc(F)cc(C(F)(F)F)c1F. The van der Waals surface area contributed by atoms with E-state index in [0.29, 0.717) is 6.07 Å². The average molecular weight is 210 g/mol. The van der Waals surface area contributed by atoms with E-state index in [1.54, 1.807) is 0 Å². The molecule has 0 aliphatic carbocycles. The molecule has 0 amide bonds. The highest BCUT2D eigenvalue weighted by atomic mass is 19.4. The fourth-order valence-electron chi connectivity index (χ4n) is 0.902. The number of benzene rings is 1. The Labute approximate surface area is 75.2 Å². The maximum Gasteiger partial charge on any atom is 0.419 e. The van der Waals surface area contributed by atoms with E-state index in [2.05, 4.69) is 0 Å². The van der Waals surface area contributed by atoms with Crippen LogP contribution in [-0.2, 0) is 6.18 Å². The molecule has 1 aromatic carbocycles. The van der Waals surface area contributed by atoms with Crippen molar-refractivity contribution in [2.45, 2.75) is 6.18 Å². The van der Waals surface area contributed by atoms with Crippen LogP contribution in [0.1, 0.15) is 15.9 Å². The van der Waals surface area contributed by atoms with Crippen molar-refractivity contribution in [3.63, 3.8) is 0 Å². The lowest BCUT2D eigenvalue weighted by molar-refractivity contribution is -0.140. The van der Waals surface area contributed by atoms with E-state index in [9.17, 15) is 26.7 Å². The second kappa shape index (κ2) is 3.36. The highest BCUT2D eigenvalue weighted by molar-refractivity contribution is 5.75.